The summed E-state index contributed by atoms with van der Waals surface area (Å²) in [6.07, 6.45) is 6.14. The normalized spacial score (nSPS) is 20.9. The molecular weight excluding hydrogens is 254 g/mol. The first-order valence-electron chi connectivity index (χ1n) is 7.39. The minimum atomic E-state index is -0.358. The maximum atomic E-state index is 10.8. The molecule has 1 aromatic carbocycles. The van der Waals surface area contributed by atoms with Gasteiger partial charge in [0.05, 0.1) is 4.92 Å². The zero-order valence-electron chi connectivity index (χ0n) is 12.0. The maximum Gasteiger partial charge on any atom is 0.271 e. The van der Waals surface area contributed by atoms with Gasteiger partial charge in [0.1, 0.15) is 0 Å². The van der Waals surface area contributed by atoms with Crippen LogP contribution in [0.5, 0.6) is 0 Å². The van der Waals surface area contributed by atoms with E-state index in [0.717, 1.165) is 18.7 Å². The lowest BCUT2D eigenvalue weighted by atomic mass is 10.0. The van der Waals surface area contributed by atoms with E-state index >= 15 is 0 Å². The molecule has 0 aromatic heterocycles. The Morgan fingerprint density at radius 1 is 1.45 bits per heavy atom. The average Bonchev–Trinajstić information content (AvgIpc) is 2.67. The van der Waals surface area contributed by atoms with Crippen LogP contribution >= 0.6 is 0 Å². The number of nitrogens with one attached hydrogen (secondary N) is 2. The molecule has 0 radical (unpaired) electrons. The monoisotopic (exact) mass is 277 g/mol. The van der Waals surface area contributed by atoms with Gasteiger partial charge in [0.25, 0.3) is 5.69 Å². The summed E-state index contributed by atoms with van der Waals surface area (Å²) in [5.41, 5.74) is 0.954. The highest BCUT2D eigenvalue weighted by Crippen LogP contribution is 2.19. The Hall–Kier alpha value is -1.62. The van der Waals surface area contributed by atoms with Crippen LogP contribution < -0.4 is 10.6 Å². The second-order valence-electron chi connectivity index (χ2n) is 5.59. The fraction of sp³-hybridized carbons (Fsp3) is 0.600. The Morgan fingerprint density at radius 3 is 3.10 bits per heavy atom. The predicted octanol–water partition coefficient (Wildman–Crippen LogP) is 3.32. The van der Waals surface area contributed by atoms with Gasteiger partial charge >= 0.3 is 0 Å². The third-order valence-electron chi connectivity index (χ3n) is 3.77. The van der Waals surface area contributed by atoms with E-state index in [9.17, 15) is 10.1 Å². The molecule has 1 aliphatic heterocycles. The maximum absolute atomic E-state index is 10.8. The number of rotatable bonds is 5. The van der Waals surface area contributed by atoms with Crippen molar-refractivity contribution in [2.24, 2.45) is 0 Å². The quantitative estimate of drug-likeness (QED) is 0.640. The highest BCUT2D eigenvalue weighted by Gasteiger charge is 2.15. The summed E-state index contributed by atoms with van der Waals surface area (Å²) in [4.78, 5) is 10.4. The second kappa shape index (κ2) is 7.24. The van der Waals surface area contributed by atoms with Crippen molar-refractivity contribution in [2.45, 2.75) is 51.1 Å². The van der Waals surface area contributed by atoms with Gasteiger partial charge in [-0.2, -0.15) is 0 Å². The van der Waals surface area contributed by atoms with Crippen LogP contribution in [0.4, 0.5) is 11.4 Å². The Balaban J connectivity index is 1.88. The standard InChI is InChI=1S/C15H23N3O2/c1-12(10-13-6-3-2-4-9-16-13)17-14-7-5-8-15(11-14)18(19)20/h5,7-8,11-13,16-17H,2-4,6,9-10H2,1H3. The van der Waals surface area contributed by atoms with Crippen LogP contribution in [0.3, 0.4) is 0 Å². The molecule has 20 heavy (non-hydrogen) atoms. The van der Waals surface area contributed by atoms with Crippen molar-refractivity contribution in [3.8, 4) is 0 Å². The summed E-state index contributed by atoms with van der Waals surface area (Å²) in [6, 6.07) is 7.56. The van der Waals surface area contributed by atoms with E-state index in [1.54, 1.807) is 12.1 Å². The molecule has 1 aromatic rings. The van der Waals surface area contributed by atoms with Crippen LogP contribution in [0.15, 0.2) is 24.3 Å². The molecule has 2 N–H and O–H groups in total. The highest BCUT2D eigenvalue weighted by atomic mass is 16.6. The average molecular weight is 277 g/mol. The number of nitrogens with zero attached hydrogens (tertiary/aromatic N) is 1. The lowest BCUT2D eigenvalue weighted by molar-refractivity contribution is -0.384. The van der Waals surface area contributed by atoms with Crippen molar-refractivity contribution < 1.29 is 4.92 Å². The fourth-order valence-electron chi connectivity index (χ4n) is 2.78. The van der Waals surface area contributed by atoms with Crippen molar-refractivity contribution in [2.75, 3.05) is 11.9 Å². The summed E-state index contributed by atoms with van der Waals surface area (Å²) < 4.78 is 0. The van der Waals surface area contributed by atoms with Gasteiger partial charge < -0.3 is 10.6 Å². The lowest BCUT2D eigenvalue weighted by Crippen LogP contribution is -2.33. The first kappa shape index (κ1) is 14.8. The van der Waals surface area contributed by atoms with Gasteiger partial charge in [0, 0.05) is 29.9 Å². The molecule has 110 valence electrons. The summed E-state index contributed by atoms with van der Waals surface area (Å²) in [5, 5.41) is 17.7. The number of hydrogen-bond donors (Lipinski definition) is 2. The number of anilines is 1. The topological polar surface area (TPSA) is 67.2 Å². The Bertz CT molecular complexity index is 442. The molecule has 1 saturated heterocycles. The fourth-order valence-corrected chi connectivity index (χ4v) is 2.78. The molecular formula is C15H23N3O2. The summed E-state index contributed by atoms with van der Waals surface area (Å²) >= 11 is 0. The largest absolute Gasteiger partial charge is 0.382 e. The molecule has 2 unspecified atom stereocenters. The van der Waals surface area contributed by atoms with E-state index in [1.165, 1.54) is 31.7 Å². The third-order valence-corrected chi connectivity index (χ3v) is 3.77. The summed E-state index contributed by atoms with van der Waals surface area (Å²) in [5.74, 6) is 0. The minimum absolute atomic E-state index is 0.134. The molecule has 0 amide bonds. The molecule has 1 heterocycles. The molecule has 1 aliphatic rings. The summed E-state index contributed by atoms with van der Waals surface area (Å²) in [7, 11) is 0. The van der Waals surface area contributed by atoms with Gasteiger partial charge in [0.2, 0.25) is 0 Å². The van der Waals surface area contributed by atoms with E-state index in [2.05, 4.69) is 17.6 Å². The van der Waals surface area contributed by atoms with Gasteiger partial charge in [-0.15, -0.1) is 0 Å². The Labute approximate surface area is 119 Å². The van der Waals surface area contributed by atoms with Gasteiger partial charge in [-0.3, -0.25) is 10.1 Å². The van der Waals surface area contributed by atoms with E-state index in [1.807, 2.05) is 6.07 Å². The molecule has 2 atom stereocenters. The van der Waals surface area contributed by atoms with Gasteiger partial charge in [-0.05, 0) is 38.8 Å². The summed E-state index contributed by atoms with van der Waals surface area (Å²) in [6.45, 7) is 3.24. The Morgan fingerprint density at radius 2 is 2.30 bits per heavy atom. The van der Waals surface area contributed by atoms with Gasteiger partial charge in [0.15, 0.2) is 0 Å². The van der Waals surface area contributed by atoms with E-state index in [-0.39, 0.29) is 10.6 Å². The van der Waals surface area contributed by atoms with Crippen LogP contribution in [0.2, 0.25) is 0 Å². The van der Waals surface area contributed by atoms with Crippen molar-refractivity contribution >= 4 is 11.4 Å². The van der Waals surface area contributed by atoms with Crippen LogP contribution in [-0.2, 0) is 0 Å². The molecule has 0 aliphatic carbocycles. The molecule has 2 rings (SSSR count). The first-order valence-corrected chi connectivity index (χ1v) is 7.39. The molecule has 0 bridgehead atoms. The predicted molar refractivity (Wildman–Crippen MR) is 81.1 cm³/mol. The van der Waals surface area contributed by atoms with E-state index in [0.29, 0.717) is 12.1 Å². The molecule has 1 fully saturated rings. The number of benzene rings is 1. The number of nitro groups is 1. The SMILES string of the molecule is CC(CC1CCCCCN1)Nc1cccc([N+](=O)[O-])c1. The van der Waals surface area contributed by atoms with Gasteiger partial charge in [-0.1, -0.05) is 18.9 Å². The van der Waals surface area contributed by atoms with Crippen LogP contribution in [0.25, 0.3) is 0 Å². The molecule has 0 spiro atoms. The zero-order valence-corrected chi connectivity index (χ0v) is 12.0. The van der Waals surface area contributed by atoms with Crippen molar-refractivity contribution in [1.29, 1.82) is 0 Å². The number of nitro benzene ring substituents is 1. The van der Waals surface area contributed by atoms with E-state index < -0.39 is 0 Å². The van der Waals surface area contributed by atoms with Gasteiger partial charge in [-0.25, -0.2) is 0 Å². The number of non-ortho nitro benzene ring substituents is 1. The molecule has 5 nitrogen and oxygen atoms in total. The van der Waals surface area contributed by atoms with Crippen LogP contribution in [0, 0.1) is 10.1 Å². The first-order chi connectivity index (χ1) is 9.65. The number of hydrogen-bond acceptors (Lipinski definition) is 4. The zero-order chi connectivity index (χ0) is 14.4. The van der Waals surface area contributed by atoms with Crippen molar-refractivity contribution in [1.82, 2.24) is 5.32 Å². The highest BCUT2D eigenvalue weighted by molar-refractivity contribution is 5.51. The second-order valence-corrected chi connectivity index (χ2v) is 5.59. The molecule has 0 saturated carbocycles. The third kappa shape index (κ3) is 4.49. The minimum Gasteiger partial charge on any atom is -0.382 e. The lowest BCUT2D eigenvalue weighted by Gasteiger charge is -2.22. The van der Waals surface area contributed by atoms with E-state index in [4.69, 9.17) is 0 Å². The Kier molecular flexibility index (Phi) is 5.35. The van der Waals surface area contributed by atoms with Crippen molar-refractivity contribution in [3.05, 3.63) is 34.4 Å². The van der Waals surface area contributed by atoms with Crippen LogP contribution in [0.1, 0.15) is 39.0 Å². The smallest absolute Gasteiger partial charge is 0.271 e. The van der Waals surface area contributed by atoms with Crippen molar-refractivity contribution in [3.63, 3.8) is 0 Å². The molecule has 5 heteroatoms. The van der Waals surface area contributed by atoms with Crippen LogP contribution in [-0.4, -0.2) is 23.6 Å².